The molecule has 0 aromatic heterocycles. The van der Waals surface area contributed by atoms with Gasteiger partial charge in [0.05, 0.1) is 27.2 Å². The first-order valence-corrected chi connectivity index (χ1v) is 17.2. The smallest absolute Gasteiger partial charge is 0.305 e. The fraction of sp³-hybridized carbons (Fsp3) is 0.900. The lowest BCUT2D eigenvalue weighted by Crippen LogP contribution is -2.50. The summed E-state index contributed by atoms with van der Waals surface area (Å²) in [5, 5.41) is 28.1. The van der Waals surface area contributed by atoms with Gasteiger partial charge in [0.25, 0.3) is 0 Å². The van der Waals surface area contributed by atoms with Gasteiger partial charge in [0, 0.05) is 12.8 Å². The van der Waals surface area contributed by atoms with Gasteiger partial charge in [-0.15, -0.1) is 0 Å². The molecule has 0 aliphatic rings. The van der Waals surface area contributed by atoms with Crippen molar-refractivity contribution >= 4 is 13.6 Å². The van der Waals surface area contributed by atoms with E-state index in [0.717, 1.165) is 19.3 Å². The molecule has 10 heteroatoms. The van der Waals surface area contributed by atoms with Crippen LogP contribution in [0, 0.1) is 0 Å². The van der Waals surface area contributed by atoms with Crippen LogP contribution in [-0.4, -0.2) is 77.8 Å². The van der Waals surface area contributed by atoms with Crippen LogP contribution in [0.3, 0.4) is 0 Å². The normalized spacial score (nSPS) is 15.4. The van der Waals surface area contributed by atoms with Crippen molar-refractivity contribution in [1.82, 2.24) is 0 Å². The van der Waals surface area contributed by atoms with Crippen LogP contribution in [0.1, 0.15) is 123 Å². The van der Waals surface area contributed by atoms with E-state index in [1.54, 1.807) is 14.1 Å². The molecule has 0 aromatic rings. The predicted octanol–water partition coefficient (Wildman–Crippen LogP) is 5.40. The number of quaternary nitrogens is 1. The van der Waals surface area contributed by atoms with E-state index < -0.39 is 38.3 Å². The van der Waals surface area contributed by atoms with E-state index in [2.05, 4.69) is 19.1 Å². The summed E-state index contributed by atoms with van der Waals surface area (Å²) >= 11 is 0. The molecule has 40 heavy (non-hydrogen) atoms. The average Bonchev–Trinajstić information content (AvgIpc) is 2.91. The Morgan fingerprint density at radius 2 is 1.35 bits per heavy atom. The van der Waals surface area contributed by atoms with Crippen LogP contribution in [0.2, 0.25) is 0 Å². The molecule has 3 N–H and O–H groups in total. The summed E-state index contributed by atoms with van der Waals surface area (Å²) < 4.78 is 22.5. The molecule has 0 saturated heterocycles. The summed E-state index contributed by atoms with van der Waals surface area (Å²) in [6.45, 7) is 3.11. The molecule has 0 fully saturated rings. The summed E-state index contributed by atoms with van der Waals surface area (Å²) in [5.74, 6) is -1.37. The van der Waals surface area contributed by atoms with Crippen LogP contribution in [0.4, 0.5) is 0 Å². The van der Waals surface area contributed by atoms with Gasteiger partial charge >= 0.3 is 5.97 Å². The molecule has 0 bridgehead atoms. The van der Waals surface area contributed by atoms with E-state index in [0.29, 0.717) is 0 Å². The Morgan fingerprint density at radius 3 is 1.88 bits per heavy atom. The van der Waals surface area contributed by atoms with Crippen LogP contribution in [0.15, 0.2) is 12.2 Å². The number of hydrogen-bond donors (Lipinski definition) is 3. The minimum absolute atomic E-state index is 0.0212. The van der Waals surface area contributed by atoms with Crippen molar-refractivity contribution in [2.45, 2.75) is 141 Å². The van der Waals surface area contributed by atoms with Crippen LogP contribution in [0.25, 0.3) is 0 Å². The highest BCUT2D eigenvalue weighted by molar-refractivity contribution is 7.51. The molecule has 0 rings (SSSR count). The Labute approximate surface area is 244 Å². The number of nitrogens with zero attached hydrogens (tertiary/aromatic N) is 1. The standard InChI is InChI=1S/C30H60NO8P/c1-5-6-7-8-9-10-11-12-13-14-15-16-17-18-19-20-21-22-30(35)38-25-28(32)26-39-40(36,37)27(2)31(3,4)24-23-29(33)34/h11-12,27-29,32-34H,5-10,13-26H2,1-4H3/b12-11-/t27?,28-/m1/s1. The van der Waals surface area contributed by atoms with Gasteiger partial charge < -0.3 is 38.5 Å². The lowest BCUT2D eigenvalue weighted by Gasteiger charge is -2.42. The third-order valence-corrected chi connectivity index (χ3v) is 9.51. The summed E-state index contributed by atoms with van der Waals surface area (Å²) in [6, 6.07) is 0. The SMILES string of the molecule is CCCCCCC/C=C\CCCCCCCCCCC(=O)OC[C@@H](O)COP(=O)([O-])C(C)[N+](C)(C)CCC(O)O. The van der Waals surface area contributed by atoms with E-state index in [1.807, 2.05) is 0 Å². The Morgan fingerprint density at radius 1 is 0.850 bits per heavy atom. The first kappa shape index (κ1) is 39.2. The summed E-state index contributed by atoms with van der Waals surface area (Å²) in [7, 11) is -1.06. The van der Waals surface area contributed by atoms with E-state index in [-0.39, 0.29) is 30.5 Å². The second-order valence-corrected chi connectivity index (χ2v) is 13.7. The van der Waals surface area contributed by atoms with E-state index in [9.17, 15) is 19.4 Å². The third kappa shape index (κ3) is 21.9. The van der Waals surface area contributed by atoms with Gasteiger partial charge in [0.15, 0.2) is 13.9 Å². The Kier molecular flexibility index (Phi) is 23.3. The van der Waals surface area contributed by atoms with Gasteiger partial charge in [-0.2, -0.15) is 0 Å². The van der Waals surface area contributed by atoms with E-state index in [4.69, 9.17) is 19.5 Å². The number of esters is 1. The van der Waals surface area contributed by atoms with Gasteiger partial charge in [-0.05, 0) is 39.0 Å². The monoisotopic (exact) mass is 593 g/mol. The molecule has 2 unspecified atom stereocenters. The zero-order valence-corrected chi connectivity index (χ0v) is 26.7. The first-order valence-electron chi connectivity index (χ1n) is 15.5. The van der Waals surface area contributed by atoms with Crippen molar-refractivity contribution in [1.29, 1.82) is 0 Å². The molecule has 0 radical (unpaired) electrons. The molecule has 0 aliphatic carbocycles. The maximum Gasteiger partial charge on any atom is 0.305 e. The quantitative estimate of drug-likeness (QED) is 0.0288. The number of ether oxygens (including phenoxy) is 1. The highest BCUT2D eigenvalue weighted by Gasteiger charge is 2.34. The average molecular weight is 594 g/mol. The van der Waals surface area contributed by atoms with Crippen LogP contribution < -0.4 is 4.89 Å². The lowest BCUT2D eigenvalue weighted by molar-refractivity contribution is -0.902. The molecule has 0 amide bonds. The predicted molar refractivity (Wildman–Crippen MR) is 158 cm³/mol. The maximum absolute atomic E-state index is 12.5. The van der Waals surface area contributed by atoms with Crippen molar-refractivity contribution in [2.75, 3.05) is 33.9 Å². The van der Waals surface area contributed by atoms with Crippen LogP contribution in [-0.2, 0) is 18.6 Å². The summed E-state index contributed by atoms with van der Waals surface area (Å²) in [5.41, 5.74) is 0. The van der Waals surface area contributed by atoms with E-state index >= 15 is 0 Å². The summed E-state index contributed by atoms with van der Waals surface area (Å²) in [4.78, 5) is 24.4. The van der Waals surface area contributed by atoms with Crippen molar-refractivity contribution in [3.05, 3.63) is 12.2 Å². The minimum atomic E-state index is -4.36. The number of aliphatic hydroxyl groups excluding tert-OH is 2. The fourth-order valence-electron chi connectivity index (χ4n) is 4.32. The first-order chi connectivity index (χ1) is 18.9. The zero-order chi connectivity index (χ0) is 30.3. The Hall–Kier alpha value is -0.800. The van der Waals surface area contributed by atoms with Gasteiger partial charge in [0.1, 0.15) is 18.5 Å². The number of aliphatic hydroxyl groups is 3. The Bertz CT molecular complexity index is 701. The number of unbranched alkanes of at least 4 members (excludes halogenated alkanes) is 13. The minimum Gasteiger partial charge on any atom is -0.774 e. The van der Waals surface area contributed by atoms with Crippen LogP contribution >= 0.6 is 7.60 Å². The molecule has 0 heterocycles. The molecule has 238 valence electrons. The third-order valence-electron chi connectivity index (χ3n) is 7.46. The lowest BCUT2D eigenvalue weighted by atomic mass is 10.1. The number of rotatable bonds is 27. The topological polar surface area (TPSA) is 136 Å². The van der Waals surface area contributed by atoms with Gasteiger partial charge in [-0.1, -0.05) is 83.3 Å². The van der Waals surface area contributed by atoms with Crippen molar-refractivity contribution in [3.8, 4) is 0 Å². The van der Waals surface area contributed by atoms with Crippen molar-refractivity contribution in [3.63, 3.8) is 0 Å². The molecule has 0 saturated carbocycles. The highest BCUT2D eigenvalue weighted by Crippen LogP contribution is 2.46. The van der Waals surface area contributed by atoms with Gasteiger partial charge in [-0.3, -0.25) is 4.79 Å². The second kappa shape index (κ2) is 23.7. The number of carbonyl (C=O) groups is 1. The molecular weight excluding hydrogens is 533 g/mol. The zero-order valence-electron chi connectivity index (χ0n) is 25.8. The molecule has 0 aliphatic heterocycles. The molecule has 9 nitrogen and oxygen atoms in total. The van der Waals surface area contributed by atoms with Crippen molar-refractivity contribution in [2.24, 2.45) is 0 Å². The van der Waals surface area contributed by atoms with Crippen LogP contribution in [0.5, 0.6) is 0 Å². The molecular formula is C30H60NO8P. The number of allylic oxidation sites excluding steroid dienone is 2. The van der Waals surface area contributed by atoms with Crippen molar-refractivity contribution < 1.29 is 43.3 Å². The number of hydrogen-bond acceptors (Lipinski definition) is 8. The largest absolute Gasteiger partial charge is 0.774 e. The second-order valence-electron chi connectivity index (χ2n) is 11.6. The summed E-state index contributed by atoms with van der Waals surface area (Å²) in [6.07, 6.45) is 20.3. The molecule has 0 aromatic carbocycles. The molecule has 0 spiro atoms. The van der Waals surface area contributed by atoms with E-state index in [1.165, 1.54) is 84.0 Å². The maximum atomic E-state index is 12.5. The Balaban J connectivity index is 3.77. The van der Waals surface area contributed by atoms with Gasteiger partial charge in [0.2, 0.25) is 0 Å². The van der Waals surface area contributed by atoms with Gasteiger partial charge in [-0.25, -0.2) is 0 Å². The fourth-order valence-corrected chi connectivity index (χ4v) is 5.80. The highest BCUT2D eigenvalue weighted by atomic mass is 31.2. The molecule has 3 atom stereocenters. The number of carbonyl (C=O) groups excluding carboxylic acids is 1.